The van der Waals surface area contributed by atoms with Crippen LogP contribution in [0.15, 0.2) is 42.5 Å². The Labute approximate surface area is 274 Å². The van der Waals surface area contributed by atoms with Crippen molar-refractivity contribution in [3.8, 4) is 0 Å². The minimum atomic E-state index is -0.561. The topological polar surface area (TPSA) is 102 Å². The Morgan fingerprint density at radius 2 is 1.54 bits per heavy atom. The van der Waals surface area contributed by atoms with Gasteiger partial charge in [0.1, 0.15) is 18.2 Å². The van der Waals surface area contributed by atoms with Crippen molar-refractivity contribution in [2.45, 2.75) is 64.6 Å². The zero-order valence-electron chi connectivity index (χ0n) is 28.2. The number of esters is 1. The largest absolute Gasteiger partial charge is 0.456 e. The van der Waals surface area contributed by atoms with Crippen LogP contribution in [-0.4, -0.2) is 106 Å². The van der Waals surface area contributed by atoms with Crippen LogP contribution in [0, 0.1) is 5.92 Å². The van der Waals surface area contributed by atoms with Crippen LogP contribution in [0.25, 0.3) is 0 Å². The summed E-state index contributed by atoms with van der Waals surface area (Å²) in [6.07, 6.45) is 4.51. The highest BCUT2D eigenvalue weighted by Crippen LogP contribution is 2.30. The summed E-state index contributed by atoms with van der Waals surface area (Å²) in [7, 11) is 3.75. The number of piperazine rings is 1. The molecule has 0 saturated carbocycles. The first-order chi connectivity index (χ1) is 22.1. The number of carbonyl (C=O) groups excluding carboxylic acids is 4. The third kappa shape index (κ3) is 9.16. The third-order valence-corrected chi connectivity index (χ3v) is 8.79. The summed E-state index contributed by atoms with van der Waals surface area (Å²) in [6.45, 7) is 13.1. The Morgan fingerprint density at radius 3 is 2.13 bits per heavy atom. The molecule has 1 atom stereocenters. The number of nitrogens with one attached hydrogen (secondary N) is 1. The third-order valence-electron chi connectivity index (χ3n) is 8.79. The number of piperidine rings is 1. The molecular weight excluding hydrogens is 582 g/mol. The number of ether oxygens (including phenoxy) is 1. The van der Waals surface area contributed by atoms with Gasteiger partial charge in [-0.3, -0.25) is 9.69 Å². The minimum absolute atomic E-state index is 0.127. The van der Waals surface area contributed by atoms with E-state index in [4.69, 9.17) is 4.74 Å². The molecule has 3 aliphatic rings. The van der Waals surface area contributed by atoms with Crippen LogP contribution in [-0.2, 0) is 20.9 Å². The van der Waals surface area contributed by atoms with Gasteiger partial charge in [-0.2, -0.15) is 0 Å². The average molecular weight is 634 g/mol. The highest BCUT2D eigenvalue weighted by atomic mass is 16.6. The van der Waals surface area contributed by atoms with Crippen LogP contribution < -0.4 is 15.1 Å². The van der Waals surface area contributed by atoms with E-state index in [-0.39, 0.29) is 18.3 Å². The van der Waals surface area contributed by atoms with E-state index in [0.29, 0.717) is 30.0 Å². The molecule has 2 fully saturated rings. The fourth-order valence-corrected chi connectivity index (χ4v) is 6.40. The lowest BCUT2D eigenvalue weighted by Crippen LogP contribution is -2.49. The molecule has 3 heterocycles. The molecule has 10 nitrogen and oxygen atoms in total. The fraction of sp³-hybridized carbons (Fsp3) is 0.556. The van der Waals surface area contributed by atoms with Crippen LogP contribution in [0.3, 0.4) is 0 Å². The van der Waals surface area contributed by atoms with E-state index in [1.165, 1.54) is 0 Å². The maximum atomic E-state index is 12.9. The van der Waals surface area contributed by atoms with Gasteiger partial charge in [0.05, 0.1) is 11.6 Å². The molecule has 2 saturated heterocycles. The number of fused-ring (bicyclic) bond motifs is 1. The Hall–Kier alpha value is -3.76. The fourth-order valence-electron chi connectivity index (χ4n) is 6.40. The van der Waals surface area contributed by atoms with Crippen molar-refractivity contribution in [1.29, 1.82) is 0 Å². The summed E-state index contributed by atoms with van der Waals surface area (Å²) in [5.41, 5.74) is 3.97. The minimum Gasteiger partial charge on any atom is -0.456 e. The molecule has 46 heavy (non-hydrogen) atoms. The van der Waals surface area contributed by atoms with Gasteiger partial charge in [0.15, 0.2) is 0 Å². The first kappa shape index (κ1) is 35.1. The molecule has 0 radical (unpaired) electrons. The molecule has 2 aromatic rings. The van der Waals surface area contributed by atoms with Crippen LogP contribution >= 0.6 is 0 Å². The first-order valence-electron chi connectivity index (χ1n) is 16.5. The van der Waals surface area contributed by atoms with Crippen LogP contribution in [0.4, 0.5) is 11.4 Å². The van der Waals surface area contributed by atoms with Crippen molar-refractivity contribution in [3.05, 3.63) is 59.2 Å². The summed E-state index contributed by atoms with van der Waals surface area (Å²) >= 11 is 0. The predicted octanol–water partition coefficient (Wildman–Crippen LogP) is 4.02. The molecule has 3 aliphatic heterocycles. The van der Waals surface area contributed by atoms with Crippen molar-refractivity contribution in [3.63, 3.8) is 0 Å². The second-order valence-corrected chi connectivity index (χ2v) is 13.5. The number of rotatable bonds is 10. The van der Waals surface area contributed by atoms with Gasteiger partial charge in [-0.05, 0) is 108 Å². The van der Waals surface area contributed by atoms with E-state index in [0.717, 1.165) is 88.2 Å². The van der Waals surface area contributed by atoms with Crippen LogP contribution in [0.1, 0.15) is 72.7 Å². The van der Waals surface area contributed by atoms with E-state index >= 15 is 0 Å². The van der Waals surface area contributed by atoms with Crippen LogP contribution in [0.2, 0.25) is 0 Å². The average Bonchev–Trinajstić information content (AvgIpc) is 3.37. The number of aldehydes is 2. The first-order valence-corrected chi connectivity index (χ1v) is 16.5. The lowest BCUT2D eigenvalue weighted by molar-refractivity contribution is -0.112. The number of hydrogen-bond acceptors (Lipinski definition) is 9. The molecule has 0 aliphatic carbocycles. The van der Waals surface area contributed by atoms with Gasteiger partial charge in [-0.1, -0.05) is 0 Å². The predicted molar refractivity (Wildman–Crippen MR) is 182 cm³/mol. The zero-order chi connectivity index (χ0) is 33.3. The highest BCUT2D eigenvalue weighted by molar-refractivity contribution is 6.00. The molecule has 0 bridgehead atoms. The molecule has 250 valence electrons. The Morgan fingerprint density at radius 1 is 0.935 bits per heavy atom. The van der Waals surface area contributed by atoms with E-state index in [2.05, 4.69) is 26.1 Å². The Kier molecular flexibility index (Phi) is 12.3. The summed E-state index contributed by atoms with van der Waals surface area (Å²) in [5.74, 6) is 0.259. The standard InChI is InChI=1S/C34H44N4O5.C2H7N/c1-34(2,3)43-33(42)26-6-8-28(9-7-26)36-14-12-25(13-15-36)22-35-16-18-37(19-17-35)29-10-11-31-27(21-29)23-38(32(31)41)30(24-40)5-4-20-39;1-3-2/h6-11,20-21,24-25,30H,4-5,12-19,22-23H2,1-3H3;3H,1-2H3. The summed E-state index contributed by atoms with van der Waals surface area (Å²) < 4.78 is 5.48. The van der Waals surface area contributed by atoms with Gasteiger partial charge in [-0.15, -0.1) is 0 Å². The molecule has 1 amide bonds. The van der Waals surface area contributed by atoms with E-state index in [1.54, 1.807) is 4.90 Å². The summed E-state index contributed by atoms with van der Waals surface area (Å²) in [4.78, 5) is 56.6. The normalized spacial score (nSPS) is 18.0. The van der Waals surface area contributed by atoms with E-state index in [9.17, 15) is 19.2 Å². The second kappa shape index (κ2) is 16.2. The number of nitrogens with zero attached hydrogens (tertiary/aromatic N) is 4. The molecule has 0 spiro atoms. The summed E-state index contributed by atoms with van der Waals surface area (Å²) in [6, 6.07) is 13.2. The number of carbonyl (C=O) groups is 4. The molecule has 1 N–H and O–H groups in total. The molecule has 10 heteroatoms. The van der Waals surface area contributed by atoms with Gasteiger partial charge < -0.3 is 34.3 Å². The number of hydrogen-bond donors (Lipinski definition) is 1. The SMILES string of the molecule is CC(C)(C)OC(=O)c1ccc(N2CCC(CN3CCN(c4ccc5c(c4)CN(C(C=O)CCC=O)C5=O)CC3)CC2)cc1.CNC. The highest BCUT2D eigenvalue weighted by Gasteiger charge is 2.33. The molecule has 0 aromatic heterocycles. The van der Waals surface area contributed by atoms with Gasteiger partial charge in [0, 0.05) is 75.7 Å². The molecule has 5 rings (SSSR count). The smallest absolute Gasteiger partial charge is 0.338 e. The monoisotopic (exact) mass is 633 g/mol. The second-order valence-electron chi connectivity index (χ2n) is 13.5. The summed E-state index contributed by atoms with van der Waals surface area (Å²) in [5, 5.41) is 2.75. The van der Waals surface area contributed by atoms with Gasteiger partial charge in [0.2, 0.25) is 0 Å². The van der Waals surface area contributed by atoms with Crippen molar-refractivity contribution < 1.29 is 23.9 Å². The van der Waals surface area contributed by atoms with Crippen molar-refractivity contribution in [2.24, 2.45) is 5.92 Å². The van der Waals surface area contributed by atoms with Gasteiger partial charge >= 0.3 is 5.97 Å². The van der Waals surface area contributed by atoms with Crippen molar-refractivity contribution >= 4 is 35.8 Å². The quantitative estimate of drug-likeness (QED) is 0.307. The van der Waals surface area contributed by atoms with Crippen LogP contribution in [0.5, 0.6) is 0 Å². The number of benzene rings is 2. The van der Waals surface area contributed by atoms with Crippen molar-refractivity contribution in [1.82, 2.24) is 15.1 Å². The maximum absolute atomic E-state index is 12.9. The number of amides is 1. The molecule has 1 unspecified atom stereocenters. The van der Waals surface area contributed by atoms with Gasteiger partial charge in [-0.25, -0.2) is 4.79 Å². The Balaban J connectivity index is 0.00000154. The maximum Gasteiger partial charge on any atom is 0.338 e. The number of anilines is 2. The van der Waals surface area contributed by atoms with E-state index < -0.39 is 11.6 Å². The molecule has 2 aromatic carbocycles. The zero-order valence-corrected chi connectivity index (χ0v) is 28.2. The van der Waals surface area contributed by atoms with Gasteiger partial charge in [0.25, 0.3) is 5.91 Å². The molecular formula is C36H51N5O5. The Bertz CT molecular complexity index is 1330. The lowest BCUT2D eigenvalue weighted by Gasteiger charge is -2.40. The lowest BCUT2D eigenvalue weighted by atomic mass is 9.95. The van der Waals surface area contributed by atoms with Crippen molar-refractivity contribution in [2.75, 3.05) is 69.7 Å². The van der Waals surface area contributed by atoms with E-state index in [1.807, 2.05) is 71.3 Å².